The summed E-state index contributed by atoms with van der Waals surface area (Å²) in [6.07, 6.45) is 1.78. The molecule has 8 heteroatoms. The predicted molar refractivity (Wildman–Crippen MR) is 123 cm³/mol. The Morgan fingerprint density at radius 2 is 1.87 bits per heavy atom. The van der Waals surface area contributed by atoms with Crippen LogP contribution >= 0.6 is 0 Å². The van der Waals surface area contributed by atoms with Crippen LogP contribution in [0.25, 0.3) is 10.9 Å². The van der Waals surface area contributed by atoms with E-state index in [1.807, 2.05) is 66.4 Å². The third-order valence-electron chi connectivity index (χ3n) is 5.72. The van der Waals surface area contributed by atoms with Gasteiger partial charge in [-0.15, -0.1) is 0 Å². The van der Waals surface area contributed by atoms with E-state index in [1.165, 1.54) is 0 Å². The van der Waals surface area contributed by atoms with Gasteiger partial charge in [-0.05, 0) is 49.1 Å². The summed E-state index contributed by atoms with van der Waals surface area (Å²) >= 11 is 0. The molecule has 1 aliphatic heterocycles. The highest BCUT2D eigenvalue weighted by Crippen LogP contribution is 2.30. The van der Waals surface area contributed by atoms with Crippen molar-refractivity contribution in [3.63, 3.8) is 0 Å². The molecule has 162 valence electrons. The number of carbonyl (C=O) groups excluding carboxylic acids is 1. The average molecular weight is 421 g/mol. The van der Waals surface area contributed by atoms with Gasteiger partial charge in [-0.1, -0.05) is 12.1 Å². The largest absolute Gasteiger partial charge is 0.492 e. The number of carbonyl (C=O) groups is 1. The topological polar surface area (TPSA) is 111 Å². The van der Waals surface area contributed by atoms with Gasteiger partial charge >= 0.3 is 0 Å². The van der Waals surface area contributed by atoms with Gasteiger partial charge in [0.2, 0.25) is 5.95 Å². The van der Waals surface area contributed by atoms with Crippen molar-refractivity contribution in [1.82, 2.24) is 14.9 Å². The molecule has 4 rings (SSSR count). The second-order valence-electron chi connectivity index (χ2n) is 8.11. The van der Waals surface area contributed by atoms with Gasteiger partial charge < -0.3 is 26.0 Å². The Balaban J connectivity index is 1.36. The van der Waals surface area contributed by atoms with Crippen LogP contribution in [0.1, 0.15) is 23.2 Å². The number of hydrogen-bond acceptors (Lipinski definition) is 7. The van der Waals surface area contributed by atoms with E-state index < -0.39 is 0 Å². The minimum atomic E-state index is 0.0830. The monoisotopic (exact) mass is 420 g/mol. The summed E-state index contributed by atoms with van der Waals surface area (Å²) in [6, 6.07) is 13.3. The first-order valence-corrected chi connectivity index (χ1v) is 10.4. The SMILES string of the molecule is CN(C)c1cccc(C(=O)N2CCC(COc3cccc4nc(N)nc(N)c34)CC2)c1. The Bertz CT molecular complexity index is 1090. The standard InChI is InChI=1S/C23H28N6O2/c1-28(2)17-6-3-5-16(13-17)22(30)29-11-9-15(10-12-29)14-31-19-8-4-7-18-20(19)21(24)27-23(25)26-18/h3-8,13,15H,9-12,14H2,1-2H3,(H4,24,25,26,27). The third-order valence-corrected chi connectivity index (χ3v) is 5.72. The van der Waals surface area contributed by atoms with E-state index in [0.29, 0.717) is 35.0 Å². The van der Waals surface area contributed by atoms with E-state index in [9.17, 15) is 4.79 Å². The molecule has 0 radical (unpaired) electrons. The molecule has 31 heavy (non-hydrogen) atoms. The van der Waals surface area contributed by atoms with Crippen LogP contribution in [-0.4, -0.2) is 54.6 Å². The zero-order chi connectivity index (χ0) is 22.0. The summed E-state index contributed by atoms with van der Waals surface area (Å²) < 4.78 is 6.09. The van der Waals surface area contributed by atoms with E-state index in [-0.39, 0.29) is 11.9 Å². The lowest BCUT2D eigenvalue weighted by atomic mass is 9.97. The second kappa shape index (κ2) is 8.67. The Morgan fingerprint density at radius 1 is 1.13 bits per heavy atom. The second-order valence-corrected chi connectivity index (χ2v) is 8.11. The van der Waals surface area contributed by atoms with E-state index in [1.54, 1.807) is 0 Å². The lowest BCUT2D eigenvalue weighted by molar-refractivity contribution is 0.0661. The Hall–Kier alpha value is -3.55. The van der Waals surface area contributed by atoms with Crippen LogP contribution in [0.3, 0.4) is 0 Å². The van der Waals surface area contributed by atoms with Crippen LogP contribution in [0.15, 0.2) is 42.5 Å². The van der Waals surface area contributed by atoms with Gasteiger partial charge in [-0.2, -0.15) is 4.98 Å². The molecule has 1 fully saturated rings. The van der Waals surface area contributed by atoms with Crippen LogP contribution in [0.2, 0.25) is 0 Å². The molecule has 0 bridgehead atoms. The molecular weight excluding hydrogens is 392 g/mol. The fourth-order valence-corrected chi connectivity index (χ4v) is 3.93. The van der Waals surface area contributed by atoms with Gasteiger partial charge in [-0.25, -0.2) is 4.98 Å². The van der Waals surface area contributed by atoms with Crippen molar-refractivity contribution in [2.75, 3.05) is 50.2 Å². The van der Waals surface area contributed by atoms with Crippen LogP contribution < -0.4 is 21.1 Å². The van der Waals surface area contributed by atoms with Crippen molar-refractivity contribution < 1.29 is 9.53 Å². The smallest absolute Gasteiger partial charge is 0.253 e. The number of likely N-dealkylation sites (tertiary alicyclic amines) is 1. The fourth-order valence-electron chi connectivity index (χ4n) is 3.93. The third kappa shape index (κ3) is 4.47. The number of hydrogen-bond donors (Lipinski definition) is 2. The van der Waals surface area contributed by atoms with Crippen LogP contribution in [0.4, 0.5) is 17.5 Å². The first kappa shape index (κ1) is 20.7. The van der Waals surface area contributed by atoms with Crippen molar-refractivity contribution in [3.05, 3.63) is 48.0 Å². The number of nitrogens with two attached hydrogens (primary N) is 2. The number of nitrogens with zero attached hydrogens (tertiary/aromatic N) is 4. The lowest BCUT2D eigenvalue weighted by Crippen LogP contribution is -2.39. The van der Waals surface area contributed by atoms with Gasteiger partial charge in [0.25, 0.3) is 5.91 Å². The molecular formula is C23H28N6O2. The lowest BCUT2D eigenvalue weighted by Gasteiger charge is -2.32. The van der Waals surface area contributed by atoms with Crippen molar-refractivity contribution in [3.8, 4) is 5.75 Å². The van der Waals surface area contributed by atoms with Gasteiger partial charge in [-0.3, -0.25) is 4.79 Å². The van der Waals surface area contributed by atoms with E-state index in [0.717, 1.165) is 37.2 Å². The summed E-state index contributed by atoms with van der Waals surface area (Å²) in [6.45, 7) is 1.99. The maximum atomic E-state index is 12.9. The first-order chi connectivity index (χ1) is 14.9. The summed E-state index contributed by atoms with van der Waals surface area (Å²) in [4.78, 5) is 25.1. The molecule has 8 nitrogen and oxygen atoms in total. The molecule has 1 amide bonds. The number of amides is 1. The zero-order valence-corrected chi connectivity index (χ0v) is 17.9. The molecule has 3 aromatic rings. The van der Waals surface area contributed by atoms with Crippen molar-refractivity contribution >= 4 is 34.3 Å². The molecule has 0 spiro atoms. The normalized spacial score (nSPS) is 14.6. The number of nitrogen functional groups attached to an aromatic ring is 2. The van der Waals surface area contributed by atoms with Crippen molar-refractivity contribution in [1.29, 1.82) is 0 Å². The fraction of sp³-hybridized carbons (Fsp3) is 0.348. The van der Waals surface area contributed by atoms with Crippen molar-refractivity contribution in [2.24, 2.45) is 5.92 Å². The number of benzene rings is 2. The minimum absolute atomic E-state index is 0.0830. The highest BCUT2D eigenvalue weighted by atomic mass is 16.5. The average Bonchev–Trinajstić information content (AvgIpc) is 2.77. The summed E-state index contributed by atoms with van der Waals surface area (Å²) in [5.74, 6) is 1.57. The van der Waals surface area contributed by atoms with E-state index >= 15 is 0 Å². The maximum absolute atomic E-state index is 12.9. The van der Waals surface area contributed by atoms with Crippen LogP contribution in [-0.2, 0) is 0 Å². The molecule has 0 aliphatic carbocycles. The molecule has 0 saturated carbocycles. The quantitative estimate of drug-likeness (QED) is 0.653. The van der Waals surface area contributed by atoms with Crippen LogP contribution in [0.5, 0.6) is 5.75 Å². The Kier molecular flexibility index (Phi) is 5.79. The molecule has 0 atom stereocenters. The van der Waals surface area contributed by atoms with Gasteiger partial charge in [0.15, 0.2) is 0 Å². The molecule has 2 aromatic carbocycles. The summed E-state index contributed by atoms with van der Waals surface area (Å²) in [7, 11) is 3.94. The number of aromatic nitrogens is 2. The molecule has 0 unspecified atom stereocenters. The van der Waals surface area contributed by atoms with Gasteiger partial charge in [0, 0.05) is 38.4 Å². The van der Waals surface area contributed by atoms with Crippen LogP contribution in [0, 0.1) is 5.92 Å². The maximum Gasteiger partial charge on any atom is 0.253 e. The summed E-state index contributed by atoms with van der Waals surface area (Å²) in [5, 5.41) is 0.685. The highest BCUT2D eigenvalue weighted by Gasteiger charge is 2.24. The minimum Gasteiger partial charge on any atom is -0.492 e. The van der Waals surface area contributed by atoms with Gasteiger partial charge in [0.05, 0.1) is 17.5 Å². The Labute approximate surface area is 181 Å². The molecule has 2 heterocycles. The van der Waals surface area contributed by atoms with Gasteiger partial charge in [0.1, 0.15) is 11.6 Å². The summed E-state index contributed by atoms with van der Waals surface area (Å²) in [5.41, 5.74) is 14.2. The zero-order valence-electron chi connectivity index (χ0n) is 17.9. The number of piperidine rings is 1. The highest BCUT2D eigenvalue weighted by molar-refractivity contribution is 5.95. The molecule has 1 aromatic heterocycles. The molecule has 4 N–H and O–H groups in total. The number of ether oxygens (including phenoxy) is 1. The number of rotatable bonds is 5. The number of anilines is 3. The molecule has 1 saturated heterocycles. The van der Waals surface area contributed by atoms with Crippen molar-refractivity contribution in [2.45, 2.75) is 12.8 Å². The Morgan fingerprint density at radius 3 is 2.61 bits per heavy atom. The first-order valence-electron chi connectivity index (χ1n) is 10.4. The molecule has 1 aliphatic rings. The van der Waals surface area contributed by atoms with E-state index in [2.05, 4.69) is 9.97 Å². The predicted octanol–water partition coefficient (Wildman–Crippen LogP) is 2.79. The number of fused-ring (bicyclic) bond motifs is 1. The van der Waals surface area contributed by atoms with E-state index in [4.69, 9.17) is 16.2 Å².